The zero-order valence-electron chi connectivity index (χ0n) is 14.0. The summed E-state index contributed by atoms with van der Waals surface area (Å²) in [5, 5.41) is 2.77. The molecule has 142 valence electrons. The lowest BCUT2D eigenvalue weighted by atomic mass is 9.76. The van der Waals surface area contributed by atoms with Gasteiger partial charge in [-0.2, -0.15) is 13.2 Å². The van der Waals surface area contributed by atoms with Crippen molar-refractivity contribution >= 4 is 23.3 Å². The van der Waals surface area contributed by atoms with Crippen LogP contribution in [0.2, 0.25) is 5.02 Å². The summed E-state index contributed by atoms with van der Waals surface area (Å²) in [7, 11) is 0. The van der Waals surface area contributed by atoms with Gasteiger partial charge in [0.1, 0.15) is 17.9 Å². The smallest absolute Gasteiger partial charge is 0.307 e. The van der Waals surface area contributed by atoms with E-state index in [1.807, 2.05) is 0 Å². The van der Waals surface area contributed by atoms with E-state index in [0.29, 0.717) is 26.7 Å². The van der Waals surface area contributed by atoms with Crippen LogP contribution in [-0.4, -0.2) is 23.7 Å². The van der Waals surface area contributed by atoms with Gasteiger partial charge in [-0.15, -0.1) is 6.58 Å². The maximum Gasteiger partial charge on any atom is 0.406 e. The number of carbonyl (C=O) groups is 1. The molecule has 3 nitrogen and oxygen atoms in total. The Morgan fingerprint density at radius 2 is 1.85 bits per heavy atom. The summed E-state index contributed by atoms with van der Waals surface area (Å²) in [6, 6.07) is 8.67. The van der Waals surface area contributed by atoms with Crippen molar-refractivity contribution in [1.29, 1.82) is 0 Å². The minimum Gasteiger partial charge on any atom is -0.307 e. The molecule has 0 bridgehead atoms. The highest BCUT2D eigenvalue weighted by Crippen LogP contribution is 2.47. The molecule has 2 amide bonds. The summed E-state index contributed by atoms with van der Waals surface area (Å²) in [6.07, 6.45) is -3.23. The second kappa shape index (κ2) is 6.88. The van der Waals surface area contributed by atoms with Crippen LogP contribution in [0.5, 0.6) is 0 Å². The third-order valence-corrected chi connectivity index (χ3v) is 4.71. The summed E-state index contributed by atoms with van der Waals surface area (Å²) in [5.41, 5.74) is -0.487. The van der Waals surface area contributed by atoms with Gasteiger partial charge in [0.2, 0.25) is 0 Å². The van der Waals surface area contributed by atoms with Crippen molar-refractivity contribution in [3.8, 4) is 0 Å². The Hall–Kier alpha value is -2.54. The number of alkyl halides is 3. The molecule has 8 heteroatoms. The Labute approximate surface area is 158 Å². The number of nitrogens with zero attached hydrogens (tertiary/aromatic N) is 1. The molecule has 0 saturated heterocycles. The van der Waals surface area contributed by atoms with E-state index >= 15 is 0 Å². The highest BCUT2D eigenvalue weighted by atomic mass is 35.5. The predicted octanol–water partition coefficient (Wildman–Crippen LogP) is 5.71. The first-order valence-electron chi connectivity index (χ1n) is 8.00. The number of hydrogen-bond donors (Lipinski definition) is 1. The maximum absolute atomic E-state index is 13.5. The third-order valence-electron chi connectivity index (χ3n) is 4.47. The molecule has 2 aromatic rings. The van der Waals surface area contributed by atoms with Gasteiger partial charge in [-0.1, -0.05) is 29.8 Å². The number of anilines is 1. The van der Waals surface area contributed by atoms with E-state index in [9.17, 15) is 22.4 Å². The lowest BCUT2D eigenvalue weighted by Crippen LogP contribution is -2.57. The Morgan fingerprint density at radius 1 is 1.19 bits per heavy atom. The van der Waals surface area contributed by atoms with Gasteiger partial charge in [0, 0.05) is 16.3 Å². The molecule has 0 aromatic heterocycles. The minimum absolute atomic E-state index is 0.0184. The van der Waals surface area contributed by atoms with Gasteiger partial charge in [0.15, 0.2) is 0 Å². The SMILES string of the molecule is C=CCC1(c2ccc(F)cc2)c2cc(Cl)ccc2NC(=O)N1CC(F)(F)F. The first-order chi connectivity index (χ1) is 12.7. The number of nitrogens with one attached hydrogen (secondary N) is 1. The number of halogens is 5. The average molecular weight is 399 g/mol. The molecule has 1 heterocycles. The van der Waals surface area contributed by atoms with Crippen LogP contribution in [0.1, 0.15) is 17.5 Å². The normalized spacial score (nSPS) is 19.4. The number of hydrogen-bond acceptors (Lipinski definition) is 1. The van der Waals surface area contributed by atoms with Crippen LogP contribution >= 0.6 is 11.6 Å². The third kappa shape index (κ3) is 3.51. The molecule has 1 aliphatic rings. The van der Waals surface area contributed by atoms with E-state index in [-0.39, 0.29) is 6.42 Å². The van der Waals surface area contributed by atoms with Gasteiger partial charge < -0.3 is 10.2 Å². The van der Waals surface area contributed by atoms with Gasteiger partial charge in [0.05, 0.1) is 0 Å². The highest BCUT2D eigenvalue weighted by Gasteiger charge is 2.50. The standard InChI is InChI=1S/C19H15ClF4N2O/c1-2-9-18(12-3-6-14(21)7-4-12)15-10-13(20)5-8-16(15)25-17(27)26(18)11-19(22,23)24/h2-8,10H,1,9,11H2,(H,25,27). The number of carbonyl (C=O) groups excluding carboxylic acids is 1. The van der Waals surface area contributed by atoms with Crippen LogP contribution in [0.3, 0.4) is 0 Å². The molecular weight excluding hydrogens is 384 g/mol. The van der Waals surface area contributed by atoms with Crippen LogP contribution in [0, 0.1) is 5.82 Å². The molecule has 0 aliphatic carbocycles. The van der Waals surface area contributed by atoms with Crippen molar-refractivity contribution in [2.24, 2.45) is 0 Å². The molecule has 0 spiro atoms. The second-order valence-electron chi connectivity index (χ2n) is 6.18. The van der Waals surface area contributed by atoms with Crippen molar-refractivity contribution in [3.05, 3.63) is 77.1 Å². The summed E-state index contributed by atoms with van der Waals surface area (Å²) < 4.78 is 53.4. The van der Waals surface area contributed by atoms with Crippen LogP contribution in [0.25, 0.3) is 0 Å². The van der Waals surface area contributed by atoms with E-state index in [1.165, 1.54) is 36.4 Å². The zero-order valence-corrected chi connectivity index (χ0v) is 14.7. The molecule has 1 atom stereocenters. The summed E-state index contributed by atoms with van der Waals surface area (Å²) >= 11 is 6.09. The topological polar surface area (TPSA) is 32.3 Å². The first kappa shape index (κ1) is 19.2. The van der Waals surface area contributed by atoms with E-state index in [1.54, 1.807) is 0 Å². The fraction of sp³-hybridized carbons (Fsp3) is 0.211. The number of rotatable bonds is 4. The molecule has 1 unspecified atom stereocenters. The number of fused-ring (bicyclic) bond motifs is 1. The van der Waals surface area contributed by atoms with Gasteiger partial charge in [-0.3, -0.25) is 0 Å². The van der Waals surface area contributed by atoms with Gasteiger partial charge in [0.25, 0.3) is 0 Å². The monoisotopic (exact) mass is 398 g/mol. The Morgan fingerprint density at radius 3 is 2.44 bits per heavy atom. The Balaban J connectivity index is 2.33. The Bertz CT molecular complexity index is 882. The van der Waals surface area contributed by atoms with Gasteiger partial charge in [-0.25, -0.2) is 9.18 Å². The first-order valence-corrected chi connectivity index (χ1v) is 8.37. The summed E-state index contributed by atoms with van der Waals surface area (Å²) in [6.45, 7) is 2.16. The minimum atomic E-state index is -4.64. The van der Waals surface area contributed by atoms with Crippen LogP contribution in [0.15, 0.2) is 55.1 Å². The van der Waals surface area contributed by atoms with Crippen molar-refractivity contribution in [1.82, 2.24) is 4.90 Å². The van der Waals surface area contributed by atoms with Gasteiger partial charge >= 0.3 is 12.2 Å². The van der Waals surface area contributed by atoms with Crippen LogP contribution < -0.4 is 5.32 Å². The van der Waals surface area contributed by atoms with E-state index in [2.05, 4.69) is 11.9 Å². The van der Waals surface area contributed by atoms with Crippen LogP contribution in [0.4, 0.5) is 28.0 Å². The number of urea groups is 1. The molecule has 0 radical (unpaired) electrons. The Kier molecular flexibility index (Phi) is 4.90. The molecule has 27 heavy (non-hydrogen) atoms. The molecule has 2 aromatic carbocycles. The molecule has 1 N–H and O–H groups in total. The highest BCUT2D eigenvalue weighted by molar-refractivity contribution is 6.30. The van der Waals surface area contributed by atoms with E-state index in [4.69, 9.17) is 11.6 Å². The summed E-state index contributed by atoms with van der Waals surface area (Å²) in [5.74, 6) is -0.540. The van der Waals surface area contributed by atoms with E-state index in [0.717, 1.165) is 12.1 Å². The lowest BCUT2D eigenvalue weighted by molar-refractivity contribution is -0.148. The van der Waals surface area contributed by atoms with Crippen molar-refractivity contribution in [2.45, 2.75) is 18.1 Å². The number of amides is 2. The zero-order chi connectivity index (χ0) is 19.8. The lowest BCUT2D eigenvalue weighted by Gasteiger charge is -2.48. The summed E-state index contributed by atoms with van der Waals surface area (Å²) in [4.78, 5) is 13.3. The van der Waals surface area contributed by atoms with Crippen LogP contribution in [-0.2, 0) is 5.54 Å². The fourth-order valence-electron chi connectivity index (χ4n) is 3.44. The predicted molar refractivity (Wildman–Crippen MR) is 95.2 cm³/mol. The number of benzene rings is 2. The second-order valence-corrected chi connectivity index (χ2v) is 6.62. The van der Waals surface area contributed by atoms with Crippen molar-refractivity contribution in [2.75, 3.05) is 11.9 Å². The maximum atomic E-state index is 13.5. The average Bonchev–Trinajstić information content (AvgIpc) is 2.58. The van der Waals surface area contributed by atoms with Crippen molar-refractivity contribution in [3.63, 3.8) is 0 Å². The molecule has 0 saturated carbocycles. The quantitative estimate of drug-likeness (QED) is 0.519. The van der Waals surface area contributed by atoms with Gasteiger partial charge in [-0.05, 0) is 42.3 Å². The largest absolute Gasteiger partial charge is 0.406 e. The molecule has 1 aliphatic heterocycles. The molecule has 3 rings (SSSR count). The fourth-order valence-corrected chi connectivity index (χ4v) is 3.61. The van der Waals surface area contributed by atoms with E-state index < -0.39 is 30.1 Å². The van der Waals surface area contributed by atoms with Crippen molar-refractivity contribution < 1.29 is 22.4 Å². The molecule has 0 fully saturated rings. The molecular formula is C19H15ClF4N2O.